The Hall–Kier alpha value is -2.21. The Kier molecular flexibility index (Phi) is 5.05. The number of hydrogen-bond donors (Lipinski definition) is 1. The Bertz CT molecular complexity index is 643. The number of methoxy groups -OCH3 is 1. The average Bonchev–Trinajstić information content (AvgIpc) is 2.46. The average molecular weight is 289 g/mol. The normalized spacial score (nSPS) is 10.8. The minimum atomic E-state index is -0.392. The lowest BCUT2D eigenvalue weighted by Crippen LogP contribution is -2.05. The van der Waals surface area contributed by atoms with Crippen LogP contribution in [-0.2, 0) is 4.74 Å². The van der Waals surface area contributed by atoms with Gasteiger partial charge in [0.2, 0.25) is 0 Å². The van der Waals surface area contributed by atoms with Gasteiger partial charge >= 0.3 is 0 Å². The summed E-state index contributed by atoms with van der Waals surface area (Å²) in [6.45, 7) is 3.38. The van der Waals surface area contributed by atoms with Gasteiger partial charge in [-0.25, -0.2) is 4.98 Å². The van der Waals surface area contributed by atoms with E-state index in [1.54, 1.807) is 13.2 Å². The van der Waals surface area contributed by atoms with Crippen LogP contribution in [-0.4, -0.2) is 30.2 Å². The molecule has 1 heterocycles. The molecule has 0 aliphatic carbocycles. The molecule has 6 heteroatoms. The van der Waals surface area contributed by atoms with Crippen molar-refractivity contribution in [1.82, 2.24) is 4.98 Å². The fourth-order valence-electron chi connectivity index (χ4n) is 2.25. The van der Waals surface area contributed by atoms with Gasteiger partial charge in [0.15, 0.2) is 5.52 Å². The third kappa shape index (κ3) is 3.66. The van der Waals surface area contributed by atoms with E-state index in [-0.39, 0.29) is 5.69 Å². The van der Waals surface area contributed by atoms with E-state index in [2.05, 4.69) is 10.3 Å². The number of anilines is 1. The molecule has 1 aromatic heterocycles. The van der Waals surface area contributed by atoms with Gasteiger partial charge in [-0.2, -0.15) is 0 Å². The summed E-state index contributed by atoms with van der Waals surface area (Å²) < 4.78 is 5.01. The molecule has 0 fully saturated rings. The highest BCUT2D eigenvalue weighted by molar-refractivity contribution is 5.96. The molecule has 0 saturated carbocycles. The van der Waals surface area contributed by atoms with Crippen molar-refractivity contribution in [2.24, 2.45) is 0 Å². The highest BCUT2D eigenvalue weighted by atomic mass is 16.6. The molecule has 0 radical (unpaired) electrons. The molecule has 0 saturated heterocycles. The molecule has 1 N–H and O–H groups in total. The van der Waals surface area contributed by atoms with Crippen LogP contribution in [0.2, 0.25) is 0 Å². The SMILES string of the molecule is COCCCCNc1cc(C)nc2c([N+](=O)[O-])cccc12. The summed E-state index contributed by atoms with van der Waals surface area (Å²) in [6, 6.07) is 6.94. The van der Waals surface area contributed by atoms with Crippen molar-refractivity contribution < 1.29 is 9.66 Å². The molecule has 1 aromatic carbocycles. The van der Waals surface area contributed by atoms with Gasteiger partial charge in [0.1, 0.15) is 0 Å². The number of unbranched alkanes of at least 4 members (excludes halogenated alkanes) is 1. The summed E-state index contributed by atoms with van der Waals surface area (Å²) in [7, 11) is 1.69. The highest BCUT2D eigenvalue weighted by Gasteiger charge is 2.15. The number of nitro benzene ring substituents is 1. The first-order chi connectivity index (χ1) is 10.1. The first-order valence-electron chi connectivity index (χ1n) is 6.91. The van der Waals surface area contributed by atoms with E-state index in [1.165, 1.54) is 6.07 Å². The van der Waals surface area contributed by atoms with Crippen LogP contribution >= 0.6 is 0 Å². The van der Waals surface area contributed by atoms with E-state index in [0.717, 1.165) is 42.8 Å². The summed E-state index contributed by atoms with van der Waals surface area (Å²) >= 11 is 0. The zero-order valence-corrected chi connectivity index (χ0v) is 12.3. The molecule has 0 aliphatic rings. The van der Waals surface area contributed by atoms with Gasteiger partial charge in [0.05, 0.1) is 4.92 Å². The lowest BCUT2D eigenvalue weighted by molar-refractivity contribution is -0.383. The molecule has 0 unspecified atom stereocenters. The molecule has 0 spiro atoms. The predicted molar refractivity (Wildman–Crippen MR) is 82.7 cm³/mol. The van der Waals surface area contributed by atoms with Crippen molar-refractivity contribution in [2.45, 2.75) is 19.8 Å². The van der Waals surface area contributed by atoms with Crippen LogP contribution in [0.25, 0.3) is 10.9 Å². The van der Waals surface area contributed by atoms with Crippen molar-refractivity contribution in [3.05, 3.63) is 40.1 Å². The fraction of sp³-hybridized carbons (Fsp3) is 0.400. The van der Waals surface area contributed by atoms with Crippen LogP contribution in [0.15, 0.2) is 24.3 Å². The van der Waals surface area contributed by atoms with Crippen molar-refractivity contribution in [3.8, 4) is 0 Å². The van der Waals surface area contributed by atoms with Gasteiger partial charge in [0, 0.05) is 43.1 Å². The topological polar surface area (TPSA) is 77.3 Å². The van der Waals surface area contributed by atoms with Crippen LogP contribution < -0.4 is 5.32 Å². The number of rotatable bonds is 7. The molecular formula is C15H19N3O3. The van der Waals surface area contributed by atoms with Gasteiger partial charge in [0.25, 0.3) is 5.69 Å². The number of nitro groups is 1. The highest BCUT2D eigenvalue weighted by Crippen LogP contribution is 2.29. The molecule has 0 amide bonds. The number of nitrogens with zero attached hydrogens (tertiary/aromatic N) is 2. The summed E-state index contributed by atoms with van der Waals surface area (Å²) in [6.07, 6.45) is 1.96. The minimum Gasteiger partial charge on any atom is -0.385 e. The molecule has 6 nitrogen and oxygen atoms in total. The third-order valence-electron chi connectivity index (χ3n) is 3.23. The Labute approximate surface area is 123 Å². The van der Waals surface area contributed by atoms with Crippen LogP contribution in [0.1, 0.15) is 18.5 Å². The maximum absolute atomic E-state index is 11.1. The quantitative estimate of drug-likeness (QED) is 0.481. The number of benzene rings is 1. The van der Waals surface area contributed by atoms with Crippen LogP contribution in [0.4, 0.5) is 11.4 Å². The number of fused-ring (bicyclic) bond motifs is 1. The maximum atomic E-state index is 11.1. The molecular weight excluding hydrogens is 270 g/mol. The smallest absolute Gasteiger partial charge is 0.295 e. The van der Waals surface area contributed by atoms with E-state index in [0.29, 0.717) is 5.52 Å². The minimum absolute atomic E-state index is 0.0404. The van der Waals surface area contributed by atoms with Gasteiger partial charge in [-0.1, -0.05) is 12.1 Å². The Balaban J connectivity index is 2.27. The number of pyridine rings is 1. The van der Waals surface area contributed by atoms with Crippen LogP contribution in [0.5, 0.6) is 0 Å². The lowest BCUT2D eigenvalue weighted by Gasteiger charge is -2.10. The summed E-state index contributed by atoms with van der Waals surface area (Å²) in [5, 5.41) is 15.2. The molecule has 2 rings (SSSR count). The monoisotopic (exact) mass is 289 g/mol. The molecule has 0 atom stereocenters. The first kappa shape index (κ1) is 15.2. The fourth-order valence-corrected chi connectivity index (χ4v) is 2.25. The first-order valence-corrected chi connectivity index (χ1v) is 6.91. The van der Waals surface area contributed by atoms with Gasteiger partial charge in [-0.3, -0.25) is 10.1 Å². The second-order valence-corrected chi connectivity index (χ2v) is 4.87. The van der Waals surface area contributed by atoms with E-state index in [4.69, 9.17) is 4.74 Å². The number of para-hydroxylation sites is 1. The molecule has 0 bridgehead atoms. The molecule has 2 aromatic rings. The Morgan fingerprint density at radius 1 is 1.38 bits per heavy atom. The van der Waals surface area contributed by atoms with Crippen molar-refractivity contribution >= 4 is 22.3 Å². The van der Waals surface area contributed by atoms with E-state index >= 15 is 0 Å². The molecule has 0 aliphatic heterocycles. The summed E-state index contributed by atoms with van der Waals surface area (Å²) in [5.41, 5.74) is 2.12. The Morgan fingerprint density at radius 2 is 2.19 bits per heavy atom. The number of nitrogens with one attached hydrogen (secondary N) is 1. The standard InChI is InChI=1S/C15H19N3O3/c1-11-10-13(16-8-3-4-9-21-2)12-6-5-7-14(18(19)20)15(12)17-11/h5-7,10H,3-4,8-9H2,1-2H3,(H,16,17). The number of non-ortho nitro benzene ring substituents is 1. The third-order valence-corrected chi connectivity index (χ3v) is 3.23. The zero-order valence-electron chi connectivity index (χ0n) is 12.3. The number of aryl methyl sites for hydroxylation is 1. The predicted octanol–water partition coefficient (Wildman–Crippen LogP) is 3.29. The van der Waals surface area contributed by atoms with Gasteiger partial charge in [-0.05, 0) is 25.8 Å². The number of hydrogen-bond acceptors (Lipinski definition) is 5. The van der Waals surface area contributed by atoms with E-state index in [9.17, 15) is 10.1 Å². The second kappa shape index (κ2) is 6.99. The van der Waals surface area contributed by atoms with Crippen molar-refractivity contribution in [2.75, 3.05) is 25.6 Å². The van der Waals surface area contributed by atoms with Gasteiger partial charge in [-0.15, -0.1) is 0 Å². The van der Waals surface area contributed by atoms with E-state index < -0.39 is 4.92 Å². The Morgan fingerprint density at radius 3 is 2.90 bits per heavy atom. The maximum Gasteiger partial charge on any atom is 0.295 e. The van der Waals surface area contributed by atoms with Crippen LogP contribution in [0.3, 0.4) is 0 Å². The summed E-state index contributed by atoms with van der Waals surface area (Å²) in [5.74, 6) is 0. The largest absolute Gasteiger partial charge is 0.385 e. The van der Waals surface area contributed by atoms with Crippen LogP contribution in [0, 0.1) is 17.0 Å². The summed E-state index contributed by atoms with van der Waals surface area (Å²) in [4.78, 5) is 15.0. The lowest BCUT2D eigenvalue weighted by atomic mass is 10.1. The second-order valence-electron chi connectivity index (χ2n) is 4.87. The zero-order chi connectivity index (χ0) is 15.2. The molecule has 21 heavy (non-hydrogen) atoms. The molecule has 112 valence electrons. The van der Waals surface area contributed by atoms with Gasteiger partial charge < -0.3 is 10.1 Å². The number of ether oxygens (including phenoxy) is 1. The van der Waals surface area contributed by atoms with Crippen molar-refractivity contribution in [3.63, 3.8) is 0 Å². The van der Waals surface area contributed by atoms with E-state index in [1.807, 2.05) is 19.1 Å². The number of aromatic nitrogens is 1. The van der Waals surface area contributed by atoms with Crippen molar-refractivity contribution in [1.29, 1.82) is 0 Å².